The van der Waals surface area contributed by atoms with E-state index < -0.39 is 0 Å². The first-order valence-electron chi connectivity index (χ1n) is 7.25. The van der Waals surface area contributed by atoms with Gasteiger partial charge in [-0.15, -0.1) is 0 Å². The summed E-state index contributed by atoms with van der Waals surface area (Å²) in [7, 11) is 0. The number of rotatable bonds is 6. The van der Waals surface area contributed by atoms with Crippen LogP contribution in [0.4, 0.5) is 5.69 Å². The van der Waals surface area contributed by atoms with Crippen LogP contribution in [0.3, 0.4) is 0 Å². The van der Waals surface area contributed by atoms with E-state index in [0.717, 1.165) is 29.8 Å². The van der Waals surface area contributed by atoms with Gasteiger partial charge in [0, 0.05) is 18.4 Å². The van der Waals surface area contributed by atoms with Gasteiger partial charge in [-0.2, -0.15) is 5.26 Å². The minimum Gasteiger partial charge on any atom is -0.390 e. The minimum absolute atomic E-state index is 0.0846. The zero-order valence-electron chi connectivity index (χ0n) is 13.2. The van der Waals surface area contributed by atoms with Gasteiger partial charge in [0.25, 0.3) is 5.91 Å². The molecule has 4 heteroatoms. The van der Waals surface area contributed by atoms with Gasteiger partial charge in [0.15, 0.2) is 0 Å². The van der Waals surface area contributed by atoms with E-state index in [1.807, 2.05) is 38.1 Å². The molecule has 0 aliphatic rings. The van der Waals surface area contributed by atoms with Crippen LogP contribution in [-0.2, 0) is 4.79 Å². The lowest BCUT2D eigenvalue weighted by atomic mass is 9.98. The smallest absolute Gasteiger partial charge is 0.267 e. The molecule has 0 spiro atoms. The molecule has 0 atom stereocenters. The van der Waals surface area contributed by atoms with Crippen molar-refractivity contribution in [2.24, 2.45) is 0 Å². The molecule has 0 radical (unpaired) electrons. The number of hydrogen-bond acceptors (Lipinski definition) is 3. The second-order valence-electron chi connectivity index (χ2n) is 5.27. The number of aryl methyl sites for hydroxylation is 1. The number of carbonyl (C=O) groups is 1. The van der Waals surface area contributed by atoms with E-state index in [1.54, 1.807) is 0 Å². The molecule has 1 amide bonds. The highest BCUT2D eigenvalue weighted by Gasteiger charge is 2.14. The minimum atomic E-state index is -0.377. The van der Waals surface area contributed by atoms with Gasteiger partial charge in [0.2, 0.25) is 0 Å². The van der Waals surface area contributed by atoms with Crippen molar-refractivity contribution in [1.82, 2.24) is 5.32 Å². The highest BCUT2D eigenvalue weighted by atomic mass is 16.1. The van der Waals surface area contributed by atoms with E-state index in [0.29, 0.717) is 5.92 Å². The summed E-state index contributed by atoms with van der Waals surface area (Å²) in [6.07, 6.45) is 2.41. The Hall–Kier alpha value is -2.28. The normalized spacial score (nSPS) is 11.1. The summed E-state index contributed by atoms with van der Waals surface area (Å²) < 4.78 is 0. The molecule has 0 bridgehead atoms. The van der Waals surface area contributed by atoms with Gasteiger partial charge in [0.05, 0.1) is 0 Å². The summed E-state index contributed by atoms with van der Waals surface area (Å²) in [5.41, 5.74) is 2.95. The Labute approximate surface area is 126 Å². The number of para-hydroxylation sites is 1. The van der Waals surface area contributed by atoms with Crippen LogP contribution in [0.1, 0.15) is 44.2 Å². The quantitative estimate of drug-likeness (QED) is 0.478. The number of benzene rings is 1. The summed E-state index contributed by atoms with van der Waals surface area (Å²) in [5.74, 6) is -0.0785. The van der Waals surface area contributed by atoms with Crippen molar-refractivity contribution in [3.05, 3.63) is 41.1 Å². The fourth-order valence-corrected chi connectivity index (χ4v) is 1.99. The van der Waals surface area contributed by atoms with Crippen LogP contribution in [0.5, 0.6) is 0 Å². The lowest BCUT2D eigenvalue weighted by molar-refractivity contribution is -0.112. The van der Waals surface area contributed by atoms with E-state index >= 15 is 0 Å². The van der Waals surface area contributed by atoms with Crippen molar-refractivity contribution >= 4 is 11.6 Å². The van der Waals surface area contributed by atoms with E-state index in [4.69, 9.17) is 5.26 Å². The third kappa shape index (κ3) is 4.64. The molecule has 0 unspecified atom stereocenters. The summed E-state index contributed by atoms with van der Waals surface area (Å²) in [4.78, 5) is 12.2. The molecule has 21 heavy (non-hydrogen) atoms. The SMILES string of the molecule is CCCN/C=C(/C#N)C(=O)Nc1c(C)cccc1C(C)C. The average molecular weight is 285 g/mol. The van der Waals surface area contributed by atoms with E-state index in [2.05, 4.69) is 24.5 Å². The molecule has 4 nitrogen and oxygen atoms in total. The molecule has 112 valence electrons. The first kappa shape index (κ1) is 16.8. The molecule has 1 rings (SSSR count). The molecule has 0 saturated heterocycles. The molecule has 0 heterocycles. The van der Waals surface area contributed by atoms with Crippen LogP contribution in [0.25, 0.3) is 0 Å². The van der Waals surface area contributed by atoms with Crippen LogP contribution >= 0.6 is 0 Å². The Morgan fingerprint density at radius 1 is 1.43 bits per heavy atom. The molecule has 0 aliphatic carbocycles. The summed E-state index contributed by atoms with van der Waals surface area (Å²) in [5, 5.41) is 14.9. The van der Waals surface area contributed by atoms with Crippen LogP contribution in [0.15, 0.2) is 30.0 Å². The van der Waals surface area contributed by atoms with Gasteiger partial charge in [-0.3, -0.25) is 4.79 Å². The molecule has 0 saturated carbocycles. The molecule has 0 aromatic heterocycles. The van der Waals surface area contributed by atoms with Crippen LogP contribution < -0.4 is 10.6 Å². The number of nitrogens with zero attached hydrogens (tertiary/aromatic N) is 1. The topological polar surface area (TPSA) is 64.9 Å². The summed E-state index contributed by atoms with van der Waals surface area (Å²) in [6.45, 7) is 8.87. The van der Waals surface area contributed by atoms with Crippen molar-refractivity contribution in [2.75, 3.05) is 11.9 Å². The molecule has 0 aliphatic heterocycles. The predicted molar refractivity (Wildman–Crippen MR) is 85.9 cm³/mol. The number of amides is 1. The Morgan fingerprint density at radius 2 is 2.14 bits per heavy atom. The monoisotopic (exact) mass is 285 g/mol. The molecule has 1 aromatic carbocycles. The summed E-state index contributed by atoms with van der Waals surface area (Å²) in [6, 6.07) is 7.86. The van der Waals surface area contributed by atoms with Crippen molar-refractivity contribution in [3.8, 4) is 6.07 Å². The van der Waals surface area contributed by atoms with Crippen molar-refractivity contribution < 1.29 is 4.79 Å². The van der Waals surface area contributed by atoms with Gasteiger partial charge in [-0.25, -0.2) is 0 Å². The number of nitrogens with one attached hydrogen (secondary N) is 2. The van der Waals surface area contributed by atoms with Gasteiger partial charge >= 0.3 is 0 Å². The van der Waals surface area contributed by atoms with E-state index in [9.17, 15) is 4.79 Å². The van der Waals surface area contributed by atoms with Gasteiger partial charge in [-0.05, 0) is 30.4 Å². The number of nitriles is 1. The summed E-state index contributed by atoms with van der Waals surface area (Å²) >= 11 is 0. The lowest BCUT2D eigenvalue weighted by Crippen LogP contribution is -2.18. The van der Waals surface area contributed by atoms with Crippen LogP contribution in [-0.4, -0.2) is 12.5 Å². The maximum Gasteiger partial charge on any atom is 0.267 e. The first-order valence-corrected chi connectivity index (χ1v) is 7.25. The average Bonchev–Trinajstić information content (AvgIpc) is 2.45. The fourth-order valence-electron chi connectivity index (χ4n) is 1.99. The Kier molecular flexibility index (Phi) is 6.48. The standard InChI is InChI=1S/C17H23N3O/c1-5-9-19-11-14(10-18)17(21)20-16-13(4)7-6-8-15(16)12(2)3/h6-8,11-12,19H,5,9H2,1-4H3,(H,20,21)/b14-11-. The molecule has 2 N–H and O–H groups in total. The Morgan fingerprint density at radius 3 is 2.71 bits per heavy atom. The maximum atomic E-state index is 12.2. The molecular weight excluding hydrogens is 262 g/mol. The third-order valence-corrected chi connectivity index (χ3v) is 3.17. The predicted octanol–water partition coefficient (Wildman–Crippen LogP) is 3.46. The van der Waals surface area contributed by atoms with Crippen molar-refractivity contribution in [3.63, 3.8) is 0 Å². The first-order chi connectivity index (χ1) is 10.0. The highest BCUT2D eigenvalue weighted by molar-refractivity contribution is 6.07. The number of anilines is 1. The van der Waals surface area contributed by atoms with Gasteiger partial charge in [0.1, 0.15) is 11.6 Å². The highest BCUT2D eigenvalue weighted by Crippen LogP contribution is 2.27. The molecule has 0 fully saturated rings. The van der Waals surface area contributed by atoms with Crippen molar-refractivity contribution in [1.29, 1.82) is 5.26 Å². The van der Waals surface area contributed by atoms with Crippen molar-refractivity contribution in [2.45, 2.75) is 40.0 Å². The zero-order valence-corrected chi connectivity index (χ0v) is 13.2. The van der Waals surface area contributed by atoms with E-state index in [-0.39, 0.29) is 11.5 Å². The lowest BCUT2D eigenvalue weighted by Gasteiger charge is -2.16. The number of carbonyl (C=O) groups excluding carboxylic acids is 1. The van der Waals surface area contributed by atoms with Crippen LogP contribution in [0, 0.1) is 18.3 Å². The van der Waals surface area contributed by atoms with Gasteiger partial charge < -0.3 is 10.6 Å². The van der Waals surface area contributed by atoms with Crippen LogP contribution in [0.2, 0.25) is 0 Å². The second kappa shape index (κ2) is 8.11. The molecule has 1 aromatic rings. The fraction of sp³-hybridized carbons (Fsp3) is 0.412. The Bertz CT molecular complexity index is 568. The second-order valence-corrected chi connectivity index (χ2v) is 5.27. The van der Waals surface area contributed by atoms with Gasteiger partial charge in [-0.1, -0.05) is 39.0 Å². The number of hydrogen-bond donors (Lipinski definition) is 2. The molecular formula is C17H23N3O. The Balaban J connectivity index is 2.98. The maximum absolute atomic E-state index is 12.2. The largest absolute Gasteiger partial charge is 0.390 e. The third-order valence-electron chi connectivity index (χ3n) is 3.17. The van der Waals surface area contributed by atoms with E-state index in [1.165, 1.54) is 6.20 Å². The zero-order chi connectivity index (χ0) is 15.8.